The third kappa shape index (κ3) is 3.06. The first-order chi connectivity index (χ1) is 14.0. The zero-order valence-corrected chi connectivity index (χ0v) is 17.3. The van der Waals surface area contributed by atoms with Crippen molar-refractivity contribution >= 4 is 43.9 Å². The van der Waals surface area contributed by atoms with Crippen LogP contribution in [0.15, 0.2) is 62.2 Å². The maximum absolute atomic E-state index is 12.7. The van der Waals surface area contributed by atoms with Crippen molar-refractivity contribution in [2.45, 2.75) is 25.3 Å². The van der Waals surface area contributed by atoms with Gasteiger partial charge in [-0.1, -0.05) is 46.3 Å². The van der Waals surface area contributed by atoms with Gasteiger partial charge in [0.25, 0.3) is 5.56 Å². The molecular formula is C22H18BrN3O3. The lowest BCUT2D eigenvalue weighted by molar-refractivity contribution is -0.129. The highest BCUT2D eigenvalue weighted by atomic mass is 79.9. The molecule has 6 nitrogen and oxygen atoms in total. The summed E-state index contributed by atoms with van der Waals surface area (Å²) in [5.41, 5.74) is 2.12. The van der Waals surface area contributed by atoms with Crippen LogP contribution in [0.25, 0.3) is 22.1 Å². The Balaban J connectivity index is 1.53. The summed E-state index contributed by atoms with van der Waals surface area (Å²) < 4.78 is 6.57. The second-order valence-electron chi connectivity index (χ2n) is 7.41. The van der Waals surface area contributed by atoms with Gasteiger partial charge in [0.1, 0.15) is 16.9 Å². The fourth-order valence-corrected chi connectivity index (χ4v) is 4.40. The average Bonchev–Trinajstić information content (AvgIpc) is 3.29. The van der Waals surface area contributed by atoms with Crippen LogP contribution in [0.2, 0.25) is 0 Å². The van der Waals surface area contributed by atoms with Crippen LogP contribution >= 0.6 is 15.9 Å². The van der Waals surface area contributed by atoms with Crippen LogP contribution in [0.4, 0.5) is 0 Å². The smallest absolute Gasteiger partial charge is 0.294 e. The van der Waals surface area contributed by atoms with E-state index in [2.05, 4.69) is 20.9 Å². The third-order valence-corrected chi connectivity index (χ3v) is 6.09. The molecule has 1 aliphatic rings. The van der Waals surface area contributed by atoms with Gasteiger partial charge in [0.15, 0.2) is 0 Å². The Morgan fingerprint density at radius 2 is 2.00 bits per heavy atom. The molecule has 0 aliphatic carbocycles. The first kappa shape index (κ1) is 18.1. The van der Waals surface area contributed by atoms with Crippen LogP contribution in [-0.2, 0) is 4.79 Å². The second kappa shape index (κ2) is 6.84. The highest BCUT2D eigenvalue weighted by Crippen LogP contribution is 2.34. The molecule has 1 saturated heterocycles. The van der Waals surface area contributed by atoms with Crippen LogP contribution in [0, 0.1) is 0 Å². The quantitative estimate of drug-likeness (QED) is 0.496. The van der Waals surface area contributed by atoms with Crippen LogP contribution in [0.5, 0.6) is 0 Å². The van der Waals surface area contributed by atoms with Gasteiger partial charge in [-0.3, -0.25) is 9.59 Å². The molecule has 29 heavy (non-hydrogen) atoms. The molecule has 2 atom stereocenters. The molecule has 1 N–H and O–H groups in total. The topological polar surface area (TPSA) is 79.2 Å². The van der Waals surface area contributed by atoms with E-state index in [0.29, 0.717) is 29.9 Å². The first-order valence-electron chi connectivity index (χ1n) is 9.47. The summed E-state index contributed by atoms with van der Waals surface area (Å²) in [5, 5.41) is 0.778. The molecule has 3 heterocycles. The summed E-state index contributed by atoms with van der Waals surface area (Å²) in [6, 6.07) is 15.5. The normalized spacial score (nSPS) is 18.1. The number of furan rings is 1. The van der Waals surface area contributed by atoms with Crippen molar-refractivity contribution in [3.63, 3.8) is 0 Å². The van der Waals surface area contributed by atoms with Gasteiger partial charge in [-0.15, -0.1) is 0 Å². The van der Waals surface area contributed by atoms with Gasteiger partial charge in [0.2, 0.25) is 11.5 Å². The van der Waals surface area contributed by atoms with Crippen molar-refractivity contribution in [3.05, 3.63) is 74.7 Å². The fraction of sp³-hybridized carbons (Fsp3) is 0.227. The number of carbonyl (C=O) groups is 1. The zero-order chi connectivity index (χ0) is 20.1. The number of halogens is 1. The van der Waals surface area contributed by atoms with Gasteiger partial charge >= 0.3 is 0 Å². The molecule has 0 saturated carbocycles. The van der Waals surface area contributed by atoms with Crippen molar-refractivity contribution in [2.24, 2.45) is 0 Å². The number of H-pyrrole nitrogens is 1. The Hall–Kier alpha value is -2.93. The Morgan fingerprint density at radius 3 is 2.79 bits per heavy atom. The molecule has 7 heteroatoms. The monoisotopic (exact) mass is 451 g/mol. The number of likely N-dealkylation sites (tertiary alicyclic amines) is 1. The molecule has 1 fully saturated rings. The molecule has 1 aliphatic heterocycles. The van der Waals surface area contributed by atoms with Gasteiger partial charge in [-0.25, -0.2) is 4.98 Å². The molecule has 1 amide bonds. The predicted molar refractivity (Wildman–Crippen MR) is 114 cm³/mol. The minimum atomic E-state index is -0.320. The summed E-state index contributed by atoms with van der Waals surface area (Å²) in [4.78, 5) is 34.7. The van der Waals surface area contributed by atoms with E-state index in [1.807, 2.05) is 60.4 Å². The van der Waals surface area contributed by atoms with E-state index in [1.54, 1.807) is 0 Å². The van der Waals surface area contributed by atoms with Crippen molar-refractivity contribution in [1.82, 2.24) is 14.9 Å². The van der Waals surface area contributed by atoms with Crippen molar-refractivity contribution in [1.29, 1.82) is 0 Å². The summed E-state index contributed by atoms with van der Waals surface area (Å²) in [5.74, 6) is 0.429. The summed E-state index contributed by atoms with van der Waals surface area (Å²) in [6.07, 6.45) is 0.325. The Morgan fingerprint density at radius 1 is 1.21 bits per heavy atom. The highest BCUT2D eigenvalue weighted by Gasteiger charge is 2.35. The van der Waals surface area contributed by atoms with Crippen molar-refractivity contribution in [3.8, 4) is 0 Å². The summed E-state index contributed by atoms with van der Waals surface area (Å²) in [6.45, 7) is 2.54. The lowest BCUT2D eigenvalue weighted by Gasteiger charge is -2.25. The fourth-order valence-electron chi connectivity index (χ4n) is 4.04. The first-order valence-corrected chi connectivity index (χ1v) is 10.3. The molecular weight excluding hydrogens is 434 g/mol. The molecule has 0 bridgehead atoms. The number of aromatic amines is 1. The van der Waals surface area contributed by atoms with Gasteiger partial charge in [-0.2, -0.15) is 0 Å². The average molecular weight is 452 g/mol. The lowest BCUT2D eigenvalue weighted by atomic mass is 10.1. The summed E-state index contributed by atoms with van der Waals surface area (Å²) in [7, 11) is 0. The van der Waals surface area contributed by atoms with Gasteiger partial charge in [-0.05, 0) is 30.7 Å². The van der Waals surface area contributed by atoms with E-state index >= 15 is 0 Å². The van der Waals surface area contributed by atoms with Crippen LogP contribution in [-0.4, -0.2) is 27.3 Å². The second-order valence-corrected chi connectivity index (χ2v) is 8.32. The molecule has 2 aromatic heterocycles. The van der Waals surface area contributed by atoms with Crippen molar-refractivity contribution in [2.75, 3.05) is 6.54 Å². The number of aromatic nitrogens is 2. The standard InChI is InChI=1S/C22H18BrN3O3/c1-12(13-5-3-2-4-6-13)26-11-14(9-18(26)27)21-24-19-16-10-15(23)7-8-17(16)29-20(19)22(28)25-21/h2-8,10,12,14H,9,11H2,1H3,(H,24,25,28)/t12-,14-/m1/s1. The molecule has 2 aromatic carbocycles. The maximum Gasteiger partial charge on any atom is 0.294 e. The van der Waals surface area contributed by atoms with Gasteiger partial charge in [0, 0.05) is 28.7 Å². The minimum absolute atomic E-state index is 0.0325. The number of nitrogens with zero attached hydrogens (tertiary/aromatic N) is 2. The number of carbonyl (C=O) groups excluding carboxylic acids is 1. The largest absolute Gasteiger partial charge is 0.449 e. The minimum Gasteiger partial charge on any atom is -0.449 e. The van der Waals surface area contributed by atoms with Gasteiger partial charge in [0.05, 0.1) is 6.04 Å². The zero-order valence-electron chi connectivity index (χ0n) is 15.7. The summed E-state index contributed by atoms with van der Waals surface area (Å²) >= 11 is 3.45. The highest BCUT2D eigenvalue weighted by molar-refractivity contribution is 9.10. The number of hydrogen-bond donors (Lipinski definition) is 1. The van der Waals surface area contributed by atoms with Crippen molar-refractivity contribution < 1.29 is 9.21 Å². The Kier molecular flexibility index (Phi) is 4.28. The van der Waals surface area contributed by atoms with E-state index in [4.69, 9.17) is 9.40 Å². The number of benzene rings is 2. The van der Waals surface area contributed by atoms with E-state index in [-0.39, 0.29) is 29.0 Å². The van der Waals surface area contributed by atoms with E-state index < -0.39 is 0 Å². The molecule has 5 rings (SSSR count). The predicted octanol–water partition coefficient (Wildman–Crippen LogP) is 4.51. The van der Waals surface area contributed by atoms with E-state index in [1.165, 1.54) is 0 Å². The molecule has 0 radical (unpaired) electrons. The molecule has 0 unspecified atom stereocenters. The Labute approximate surface area is 174 Å². The number of rotatable bonds is 3. The Bertz CT molecular complexity index is 1300. The van der Waals surface area contributed by atoms with Crippen LogP contribution in [0.1, 0.15) is 36.7 Å². The maximum atomic E-state index is 12.7. The number of nitrogens with one attached hydrogen (secondary N) is 1. The molecule has 4 aromatic rings. The van der Waals surface area contributed by atoms with Crippen LogP contribution < -0.4 is 5.56 Å². The van der Waals surface area contributed by atoms with E-state index in [9.17, 15) is 9.59 Å². The van der Waals surface area contributed by atoms with Crippen LogP contribution in [0.3, 0.4) is 0 Å². The molecule has 146 valence electrons. The SMILES string of the molecule is C[C@H](c1ccccc1)N1C[C@H](c2nc3c(oc4ccc(Br)cc43)c(=O)[nH]2)CC1=O. The molecule has 0 spiro atoms. The number of hydrogen-bond acceptors (Lipinski definition) is 4. The number of fused-ring (bicyclic) bond motifs is 3. The third-order valence-electron chi connectivity index (χ3n) is 5.60. The lowest BCUT2D eigenvalue weighted by Crippen LogP contribution is -2.28. The number of amides is 1. The van der Waals surface area contributed by atoms with E-state index in [0.717, 1.165) is 15.4 Å². The van der Waals surface area contributed by atoms with Gasteiger partial charge < -0.3 is 14.3 Å².